The summed E-state index contributed by atoms with van der Waals surface area (Å²) in [5.41, 5.74) is 2.85. The fraction of sp³-hybridized carbons (Fsp3) is 0.333. The van der Waals surface area contributed by atoms with Crippen molar-refractivity contribution in [2.75, 3.05) is 19.8 Å². The topological polar surface area (TPSA) is 47.5 Å². The lowest BCUT2D eigenvalue weighted by Gasteiger charge is -2.34. The van der Waals surface area contributed by atoms with Crippen molar-refractivity contribution in [3.8, 4) is 11.6 Å². The number of aryl methyl sites for hydroxylation is 1. The average molecular weight is 405 g/mol. The van der Waals surface area contributed by atoms with Crippen LogP contribution in [0.25, 0.3) is 0 Å². The van der Waals surface area contributed by atoms with Crippen molar-refractivity contribution in [1.29, 1.82) is 0 Å². The van der Waals surface area contributed by atoms with Crippen molar-refractivity contribution in [3.05, 3.63) is 83.6 Å². The lowest BCUT2D eigenvalue weighted by Crippen LogP contribution is -2.32. The number of hydrogen-bond donors (Lipinski definition) is 0. The van der Waals surface area contributed by atoms with Gasteiger partial charge in [0.25, 0.3) is 0 Å². The van der Waals surface area contributed by atoms with Gasteiger partial charge in [-0.1, -0.05) is 12.1 Å². The predicted molar refractivity (Wildman–Crippen MR) is 111 cm³/mol. The molecule has 3 atom stereocenters. The lowest BCUT2D eigenvalue weighted by atomic mass is 9.85. The van der Waals surface area contributed by atoms with Gasteiger partial charge in [-0.2, -0.15) is 0 Å². The molecule has 0 amide bonds. The second-order valence-corrected chi connectivity index (χ2v) is 8.04. The van der Waals surface area contributed by atoms with Crippen molar-refractivity contribution in [1.82, 2.24) is 14.9 Å². The minimum absolute atomic E-state index is 0.0746. The number of ether oxygens (including phenoxy) is 2. The number of aromatic nitrogens is 2. The summed E-state index contributed by atoms with van der Waals surface area (Å²) in [5.74, 6) is 1.63. The highest BCUT2D eigenvalue weighted by atomic mass is 19.1. The molecule has 1 saturated heterocycles. The zero-order chi connectivity index (χ0) is 20.5. The monoisotopic (exact) mass is 405 g/mol. The van der Waals surface area contributed by atoms with Gasteiger partial charge in [0.05, 0.1) is 18.9 Å². The molecule has 0 unspecified atom stereocenters. The van der Waals surface area contributed by atoms with E-state index in [0.717, 1.165) is 29.2 Å². The first-order valence-corrected chi connectivity index (χ1v) is 10.3. The molecule has 2 aliphatic rings. The molecule has 1 aromatic carbocycles. The summed E-state index contributed by atoms with van der Waals surface area (Å²) in [4.78, 5) is 11.3. The Balaban J connectivity index is 1.41. The van der Waals surface area contributed by atoms with Crippen LogP contribution in [-0.4, -0.2) is 34.6 Å². The Labute approximate surface area is 175 Å². The number of likely N-dealkylation sites (tertiary alicyclic amines) is 1. The Morgan fingerprint density at radius 1 is 1.17 bits per heavy atom. The van der Waals surface area contributed by atoms with Gasteiger partial charge in [-0.25, -0.2) is 9.37 Å². The van der Waals surface area contributed by atoms with Crippen LogP contribution in [0.1, 0.15) is 23.0 Å². The van der Waals surface area contributed by atoms with E-state index in [4.69, 9.17) is 9.47 Å². The highest BCUT2D eigenvalue weighted by Crippen LogP contribution is 2.48. The zero-order valence-electron chi connectivity index (χ0n) is 16.9. The van der Waals surface area contributed by atoms with Gasteiger partial charge in [0.1, 0.15) is 11.6 Å². The van der Waals surface area contributed by atoms with Crippen molar-refractivity contribution >= 4 is 0 Å². The molecule has 0 aliphatic carbocycles. The van der Waals surface area contributed by atoms with Crippen LogP contribution in [0.5, 0.6) is 11.6 Å². The molecule has 0 spiro atoms. The minimum atomic E-state index is -0.237. The maximum Gasteiger partial charge on any atom is 0.213 e. The molecule has 6 heteroatoms. The summed E-state index contributed by atoms with van der Waals surface area (Å²) in [6, 6.07) is 16.6. The van der Waals surface area contributed by atoms with E-state index in [2.05, 4.69) is 14.9 Å². The smallest absolute Gasteiger partial charge is 0.213 e. The Kier molecular flexibility index (Phi) is 5.09. The summed E-state index contributed by atoms with van der Waals surface area (Å²) in [7, 11) is 0. The number of fused-ring (bicyclic) bond motifs is 3. The van der Waals surface area contributed by atoms with Crippen LogP contribution >= 0.6 is 0 Å². The van der Waals surface area contributed by atoms with Gasteiger partial charge in [0.15, 0.2) is 0 Å². The number of rotatable bonds is 5. The number of nitrogens with zero attached hydrogens (tertiary/aromatic N) is 3. The summed E-state index contributed by atoms with van der Waals surface area (Å²) < 4.78 is 26.1. The molecule has 1 fully saturated rings. The molecule has 154 valence electrons. The second-order valence-electron chi connectivity index (χ2n) is 8.04. The molecule has 2 aromatic heterocycles. The Hall–Kier alpha value is -2.99. The predicted octanol–water partition coefficient (Wildman–Crippen LogP) is 4.18. The molecular weight excluding hydrogens is 381 g/mol. The molecule has 0 saturated carbocycles. The summed E-state index contributed by atoms with van der Waals surface area (Å²) in [6.07, 6.45) is 1.81. The molecule has 30 heavy (non-hydrogen) atoms. The van der Waals surface area contributed by atoms with Crippen LogP contribution in [0.2, 0.25) is 0 Å². The molecule has 4 heterocycles. The third kappa shape index (κ3) is 3.75. The quantitative estimate of drug-likeness (QED) is 0.637. The standard InChI is InChI=1S/C24H24FN3O2/c1-16-5-4-7-23(27-16)30-14-17-12-28(13-19-6-2-3-10-26-19)24-20-11-18(25)8-9-22(20)29-15-21(17)24/h2-11,17,21,24H,12-15H2,1H3/t17-,21-,24-/m0/s1. The molecule has 0 bridgehead atoms. The molecule has 3 aromatic rings. The molecule has 0 radical (unpaired) electrons. The second kappa shape index (κ2) is 8.03. The fourth-order valence-electron chi connectivity index (χ4n) is 4.63. The largest absolute Gasteiger partial charge is 0.493 e. The summed E-state index contributed by atoms with van der Waals surface area (Å²) in [6.45, 7) is 4.63. The van der Waals surface area contributed by atoms with Crippen molar-refractivity contribution < 1.29 is 13.9 Å². The summed E-state index contributed by atoms with van der Waals surface area (Å²) >= 11 is 0. The number of hydrogen-bond acceptors (Lipinski definition) is 5. The molecule has 0 N–H and O–H groups in total. The number of benzene rings is 1. The minimum Gasteiger partial charge on any atom is -0.493 e. The summed E-state index contributed by atoms with van der Waals surface area (Å²) in [5, 5.41) is 0. The van der Waals surface area contributed by atoms with E-state index in [0.29, 0.717) is 25.6 Å². The third-order valence-corrected chi connectivity index (χ3v) is 5.99. The highest BCUT2D eigenvalue weighted by molar-refractivity contribution is 5.39. The first-order chi connectivity index (χ1) is 14.7. The van der Waals surface area contributed by atoms with Crippen LogP contribution in [0.3, 0.4) is 0 Å². The van der Waals surface area contributed by atoms with Crippen molar-refractivity contribution in [3.63, 3.8) is 0 Å². The van der Waals surface area contributed by atoms with Gasteiger partial charge in [-0.3, -0.25) is 9.88 Å². The van der Waals surface area contributed by atoms with Gasteiger partial charge in [-0.15, -0.1) is 0 Å². The van der Waals surface area contributed by atoms with Crippen molar-refractivity contribution in [2.45, 2.75) is 19.5 Å². The normalized spacial score (nSPS) is 22.8. The molecule has 5 rings (SSSR count). The molecule has 5 nitrogen and oxygen atoms in total. The van der Waals surface area contributed by atoms with E-state index in [9.17, 15) is 4.39 Å². The zero-order valence-corrected chi connectivity index (χ0v) is 16.9. The van der Waals surface area contributed by atoms with E-state index >= 15 is 0 Å². The van der Waals surface area contributed by atoms with Crippen LogP contribution in [0.4, 0.5) is 4.39 Å². The van der Waals surface area contributed by atoms with Crippen LogP contribution < -0.4 is 9.47 Å². The van der Waals surface area contributed by atoms with E-state index in [1.54, 1.807) is 12.1 Å². The maximum atomic E-state index is 14.1. The van der Waals surface area contributed by atoms with E-state index in [1.807, 2.05) is 49.5 Å². The Morgan fingerprint density at radius 3 is 2.93 bits per heavy atom. The third-order valence-electron chi connectivity index (χ3n) is 5.99. The molecule has 2 aliphatic heterocycles. The van der Waals surface area contributed by atoms with Crippen LogP contribution in [0.15, 0.2) is 60.8 Å². The maximum absolute atomic E-state index is 14.1. The highest BCUT2D eigenvalue weighted by Gasteiger charge is 2.46. The van der Waals surface area contributed by atoms with E-state index in [1.165, 1.54) is 6.07 Å². The van der Waals surface area contributed by atoms with Gasteiger partial charge in [0.2, 0.25) is 5.88 Å². The average Bonchev–Trinajstić information content (AvgIpc) is 3.11. The van der Waals surface area contributed by atoms with E-state index < -0.39 is 0 Å². The fourth-order valence-corrected chi connectivity index (χ4v) is 4.63. The lowest BCUT2D eigenvalue weighted by molar-refractivity contribution is 0.121. The first-order valence-electron chi connectivity index (χ1n) is 10.3. The van der Waals surface area contributed by atoms with Crippen LogP contribution in [0, 0.1) is 24.6 Å². The van der Waals surface area contributed by atoms with Gasteiger partial charge in [0, 0.05) is 54.5 Å². The molecular formula is C24H24FN3O2. The number of halogens is 1. The van der Waals surface area contributed by atoms with Gasteiger partial charge >= 0.3 is 0 Å². The first kappa shape index (κ1) is 19.0. The van der Waals surface area contributed by atoms with Gasteiger partial charge in [-0.05, 0) is 43.3 Å². The SMILES string of the molecule is Cc1cccc(OC[C@@H]2CN(Cc3ccccn3)[C@H]3c4cc(F)ccc4OC[C@@H]23)n1. The van der Waals surface area contributed by atoms with Gasteiger partial charge < -0.3 is 9.47 Å². The number of pyridine rings is 2. The van der Waals surface area contributed by atoms with E-state index in [-0.39, 0.29) is 23.7 Å². The Morgan fingerprint density at radius 2 is 2.10 bits per heavy atom. The van der Waals surface area contributed by atoms with Crippen LogP contribution in [-0.2, 0) is 6.54 Å². The Bertz CT molecular complexity index is 1030. The van der Waals surface area contributed by atoms with Crippen molar-refractivity contribution in [2.24, 2.45) is 11.8 Å².